The Kier molecular flexibility index (Phi) is 3.65. The predicted molar refractivity (Wildman–Crippen MR) is 58.0 cm³/mol. The Labute approximate surface area is 89.8 Å². The van der Waals surface area contributed by atoms with Crippen LogP contribution in [0.15, 0.2) is 23.7 Å². The van der Waals surface area contributed by atoms with Gasteiger partial charge in [0.1, 0.15) is 4.90 Å². The van der Waals surface area contributed by atoms with Gasteiger partial charge in [0.15, 0.2) is 0 Å². The van der Waals surface area contributed by atoms with Crippen molar-refractivity contribution in [1.29, 1.82) is 0 Å². The van der Waals surface area contributed by atoms with Crippen LogP contribution >= 0.6 is 0 Å². The lowest BCUT2D eigenvalue weighted by atomic mass is 10.5. The van der Waals surface area contributed by atoms with E-state index in [1.54, 1.807) is 11.6 Å². The Morgan fingerprint density at radius 1 is 1.67 bits per heavy atom. The van der Waals surface area contributed by atoms with Crippen LogP contribution in [0, 0.1) is 6.92 Å². The van der Waals surface area contributed by atoms with Crippen LogP contribution < -0.4 is 4.72 Å². The summed E-state index contributed by atoms with van der Waals surface area (Å²) in [5, 5.41) is 4.08. The molecule has 1 rings (SSSR count). The molecule has 5 nitrogen and oxygen atoms in total. The van der Waals surface area contributed by atoms with E-state index in [1.807, 2.05) is 6.92 Å². The van der Waals surface area contributed by atoms with Crippen LogP contribution in [0.3, 0.4) is 0 Å². The number of aryl methyl sites for hydroxylation is 2. The van der Waals surface area contributed by atoms with Crippen molar-refractivity contribution >= 4 is 10.0 Å². The highest BCUT2D eigenvalue weighted by atomic mass is 32.2. The molecule has 0 saturated carbocycles. The number of nitrogens with zero attached hydrogens (tertiary/aromatic N) is 2. The van der Waals surface area contributed by atoms with E-state index in [2.05, 4.69) is 16.4 Å². The van der Waals surface area contributed by atoms with Crippen molar-refractivity contribution in [3.63, 3.8) is 0 Å². The van der Waals surface area contributed by atoms with Crippen LogP contribution in [-0.4, -0.2) is 24.7 Å². The van der Waals surface area contributed by atoms with Crippen molar-refractivity contribution < 1.29 is 8.42 Å². The highest BCUT2D eigenvalue weighted by Crippen LogP contribution is 2.12. The van der Waals surface area contributed by atoms with Gasteiger partial charge >= 0.3 is 0 Å². The molecule has 0 fully saturated rings. The molecule has 1 aromatic heterocycles. The van der Waals surface area contributed by atoms with Gasteiger partial charge in [-0.05, 0) is 13.8 Å². The minimum absolute atomic E-state index is 0.221. The quantitative estimate of drug-likeness (QED) is 0.755. The third kappa shape index (κ3) is 2.66. The largest absolute Gasteiger partial charge is 0.271 e. The molecular formula is C9H15N3O2S. The highest BCUT2D eigenvalue weighted by molar-refractivity contribution is 7.89. The van der Waals surface area contributed by atoms with Gasteiger partial charge in [-0.1, -0.05) is 6.08 Å². The summed E-state index contributed by atoms with van der Waals surface area (Å²) >= 11 is 0. The molecule has 1 N–H and O–H groups in total. The molecule has 0 aliphatic rings. The van der Waals surface area contributed by atoms with Gasteiger partial charge in [0.2, 0.25) is 10.0 Å². The number of sulfonamides is 1. The van der Waals surface area contributed by atoms with E-state index in [0.29, 0.717) is 12.2 Å². The van der Waals surface area contributed by atoms with Gasteiger partial charge in [-0.25, -0.2) is 13.1 Å². The molecule has 15 heavy (non-hydrogen) atoms. The summed E-state index contributed by atoms with van der Waals surface area (Å²) in [5.41, 5.74) is 0.508. The first-order valence-corrected chi connectivity index (χ1v) is 6.14. The van der Waals surface area contributed by atoms with E-state index in [1.165, 1.54) is 12.3 Å². The molecule has 0 aliphatic carbocycles. The van der Waals surface area contributed by atoms with Gasteiger partial charge < -0.3 is 0 Å². The minimum Gasteiger partial charge on any atom is -0.271 e. The van der Waals surface area contributed by atoms with Crippen molar-refractivity contribution in [2.24, 2.45) is 0 Å². The van der Waals surface area contributed by atoms with E-state index >= 15 is 0 Å². The second-order valence-corrected chi connectivity index (χ2v) is 4.81. The molecule has 1 heterocycles. The zero-order valence-electron chi connectivity index (χ0n) is 8.90. The summed E-state index contributed by atoms with van der Waals surface area (Å²) in [4.78, 5) is 0.228. The molecule has 0 aromatic carbocycles. The number of aromatic nitrogens is 2. The molecule has 0 saturated heterocycles. The first kappa shape index (κ1) is 11.9. The normalized spacial score (nSPS) is 11.6. The van der Waals surface area contributed by atoms with Crippen LogP contribution in [0.25, 0.3) is 0 Å². The smallest absolute Gasteiger partial charge is 0.244 e. The lowest BCUT2D eigenvalue weighted by molar-refractivity contribution is 0.584. The maximum absolute atomic E-state index is 11.7. The molecule has 0 atom stereocenters. The van der Waals surface area contributed by atoms with Gasteiger partial charge in [-0.2, -0.15) is 5.10 Å². The zero-order valence-corrected chi connectivity index (χ0v) is 9.71. The lowest BCUT2D eigenvalue weighted by Gasteiger charge is -2.01. The van der Waals surface area contributed by atoms with Crippen molar-refractivity contribution in [3.05, 3.63) is 24.5 Å². The summed E-state index contributed by atoms with van der Waals surface area (Å²) < 4.78 is 27.5. The maximum Gasteiger partial charge on any atom is 0.244 e. The molecule has 6 heteroatoms. The molecule has 1 aromatic rings. The molecule has 0 aliphatic heterocycles. The summed E-state index contributed by atoms with van der Waals surface area (Å²) in [7, 11) is -3.45. The van der Waals surface area contributed by atoms with Crippen molar-refractivity contribution in [1.82, 2.24) is 14.5 Å². The van der Waals surface area contributed by atoms with Gasteiger partial charge in [0, 0.05) is 19.3 Å². The summed E-state index contributed by atoms with van der Waals surface area (Å²) in [6.07, 6.45) is 3.03. The van der Waals surface area contributed by atoms with Gasteiger partial charge in [-0.3, -0.25) is 4.68 Å². The lowest BCUT2D eigenvalue weighted by Crippen LogP contribution is -2.23. The Morgan fingerprint density at radius 3 is 2.80 bits per heavy atom. The fraction of sp³-hybridized carbons (Fsp3) is 0.444. The summed E-state index contributed by atoms with van der Waals surface area (Å²) in [5.74, 6) is 0. The van der Waals surface area contributed by atoms with Crippen molar-refractivity contribution in [2.75, 3.05) is 6.54 Å². The number of rotatable bonds is 5. The van der Waals surface area contributed by atoms with E-state index < -0.39 is 10.0 Å². The molecule has 0 radical (unpaired) electrons. The SMILES string of the molecule is C=CCNS(=O)(=O)c1cn(CC)nc1C. The minimum atomic E-state index is -3.45. The number of hydrogen-bond acceptors (Lipinski definition) is 3. The van der Waals surface area contributed by atoms with Crippen molar-refractivity contribution in [3.8, 4) is 0 Å². The summed E-state index contributed by atoms with van der Waals surface area (Å²) in [6.45, 7) is 7.90. The Morgan fingerprint density at radius 2 is 2.33 bits per heavy atom. The Balaban J connectivity index is 3.03. The van der Waals surface area contributed by atoms with E-state index in [0.717, 1.165) is 0 Å². The Hall–Kier alpha value is -1.14. The molecule has 0 spiro atoms. The fourth-order valence-corrected chi connectivity index (χ4v) is 2.35. The maximum atomic E-state index is 11.7. The fourth-order valence-electron chi connectivity index (χ4n) is 1.17. The van der Waals surface area contributed by atoms with Crippen molar-refractivity contribution in [2.45, 2.75) is 25.3 Å². The van der Waals surface area contributed by atoms with E-state index in [4.69, 9.17) is 0 Å². The van der Waals surface area contributed by atoms with Gasteiger partial charge in [0.05, 0.1) is 5.69 Å². The van der Waals surface area contributed by atoms with E-state index in [9.17, 15) is 8.42 Å². The van der Waals surface area contributed by atoms with Crippen LogP contribution in [-0.2, 0) is 16.6 Å². The first-order chi connectivity index (χ1) is 7.01. The average Bonchev–Trinajstić information content (AvgIpc) is 2.57. The van der Waals surface area contributed by atoms with Crippen LogP contribution in [0.1, 0.15) is 12.6 Å². The first-order valence-electron chi connectivity index (χ1n) is 4.66. The van der Waals surface area contributed by atoms with Crippen LogP contribution in [0.5, 0.6) is 0 Å². The Bertz CT molecular complexity index is 448. The monoisotopic (exact) mass is 229 g/mol. The third-order valence-corrected chi connectivity index (χ3v) is 3.46. The van der Waals surface area contributed by atoms with Gasteiger partial charge in [0.25, 0.3) is 0 Å². The molecule has 0 bridgehead atoms. The number of nitrogens with one attached hydrogen (secondary N) is 1. The average molecular weight is 229 g/mol. The number of hydrogen-bond donors (Lipinski definition) is 1. The second kappa shape index (κ2) is 4.59. The van der Waals surface area contributed by atoms with Crippen LogP contribution in [0.4, 0.5) is 0 Å². The third-order valence-electron chi connectivity index (χ3n) is 1.93. The predicted octanol–water partition coefficient (Wildman–Crippen LogP) is 0.676. The summed E-state index contributed by atoms with van der Waals surface area (Å²) in [6, 6.07) is 0. The van der Waals surface area contributed by atoms with Crippen LogP contribution in [0.2, 0.25) is 0 Å². The second-order valence-electron chi connectivity index (χ2n) is 3.08. The van der Waals surface area contributed by atoms with Gasteiger partial charge in [-0.15, -0.1) is 6.58 Å². The standard InChI is InChI=1S/C9H15N3O2S/c1-4-6-10-15(13,14)9-7-12(5-2)11-8(9)3/h4,7,10H,1,5-6H2,2-3H3. The molecule has 84 valence electrons. The molecule has 0 unspecified atom stereocenters. The topological polar surface area (TPSA) is 64.0 Å². The molecule has 0 amide bonds. The highest BCUT2D eigenvalue weighted by Gasteiger charge is 2.18. The zero-order chi connectivity index (χ0) is 11.5. The molecular weight excluding hydrogens is 214 g/mol. The van der Waals surface area contributed by atoms with E-state index in [-0.39, 0.29) is 11.4 Å².